The van der Waals surface area contributed by atoms with Gasteiger partial charge in [0, 0.05) is 12.3 Å². The van der Waals surface area contributed by atoms with Crippen LogP contribution in [0.5, 0.6) is 0 Å². The predicted octanol–water partition coefficient (Wildman–Crippen LogP) is 5.37. The molecule has 2 aromatic carbocycles. The molecule has 0 amide bonds. The first-order chi connectivity index (χ1) is 11.3. The molecule has 1 aromatic heterocycles. The first kappa shape index (κ1) is 18.2. The number of nitro groups is 1. The Hall–Kier alpha value is -2.12. The number of nitrogens with zero attached hydrogens (tertiary/aromatic N) is 3. The van der Waals surface area contributed by atoms with Crippen molar-refractivity contribution in [3.05, 3.63) is 87.8 Å². The third-order valence-electron chi connectivity index (χ3n) is 3.15. The summed E-state index contributed by atoms with van der Waals surface area (Å²) < 4.78 is 4.47. The second kappa shape index (κ2) is 8.65. The maximum absolute atomic E-state index is 11.1. The van der Waals surface area contributed by atoms with Crippen molar-refractivity contribution in [2.45, 2.75) is 4.90 Å². The fourth-order valence-electron chi connectivity index (χ4n) is 2.08. The van der Waals surface area contributed by atoms with E-state index in [1.165, 1.54) is 6.07 Å². The summed E-state index contributed by atoms with van der Waals surface area (Å²) in [4.78, 5) is 15.5. The summed E-state index contributed by atoms with van der Waals surface area (Å²) >= 11 is 1.09. The summed E-state index contributed by atoms with van der Waals surface area (Å²) in [6.07, 6.45) is 1.72. The zero-order valence-electron chi connectivity index (χ0n) is 12.3. The van der Waals surface area contributed by atoms with Crippen LogP contribution in [0.2, 0.25) is 0 Å². The first-order valence-corrected chi connectivity index (χ1v) is 7.65. The number of rotatable bonds is 5. The van der Waals surface area contributed by atoms with E-state index in [1.807, 2.05) is 42.5 Å². The van der Waals surface area contributed by atoms with Crippen molar-refractivity contribution in [3.63, 3.8) is 0 Å². The molecule has 0 atom stereocenters. The van der Waals surface area contributed by atoms with Gasteiger partial charge in [0.1, 0.15) is 0 Å². The maximum Gasteiger partial charge on any atom is 1.00 e. The van der Waals surface area contributed by atoms with Crippen LogP contribution in [0.25, 0.3) is 16.0 Å². The van der Waals surface area contributed by atoms with Crippen LogP contribution >= 0.6 is 11.9 Å². The van der Waals surface area contributed by atoms with Crippen molar-refractivity contribution in [2.24, 2.45) is 0 Å². The number of para-hydroxylation sites is 1. The van der Waals surface area contributed by atoms with Gasteiger partial charge in [-0.3, -0.25) is 15.1 Å². The van der Waals surface area contributed by atoms with Crippen LogP contribution in [0.1, 0.15) is 0 Å². The zero-order valence-corrected chi connectivity index (χ0v) is 14.6. The number of aromatic nitrogens is 1. The quantitative estimate of drug-likeness (QED) is 0.236. The minimum absolute atomic E-state index is 0. The van der Waals surface area contributed by atoms with Crippen molar-refractivity contribution in [1.29, 1.82) is 0 Å². The Balaban J connectivity index is 0.00000208. The molecule has 0 N–H and O–H groups in total. The molecule has 24 heavy (non-hydrogen) atoms. The molecule has 0 unspecified atom stereocenters. The second-order valence-electron chi connectivity index (χ2n) is 4.64. The van der Waals surface area contributed by atoms with Crippen molar-refractivity contribution >= 4 is 23.3 Å². The molecule has 0 radical (unpaired) electrons. The molecule has 3 aromatic rings. The van der Waals surface area contributed by atoms with Crippen molar-refractivity contribution in [3.8, 4) is 11.3 Å². The van der Waals surface area contributed by atoms with E-state index in [4.69, 9.17) is 0 Å². The van der Waals surface area contributed by atoms with Crippen LogP contribution in [0.3, 0.4) is 0 Å². The molecule has 0 fully saturated rings. The normalized spacial score (nSPS) is 9.83. The average Bonchev–Trinajstić information content (AvgIpc) is 2.61. The smallest absolute Gasteiger partial charge is 0.626 e. The molecule has 0 aliphatic rings. The molecule has 0 aliphatic carbocycles. The number of hydrogen-bond acceptors (Lipinski definition) is 4. The fraction of sp³-hybridized carbons (Fsp3) is 0. The van der Waals surface area contributed by atoms with Gasteiger partial charge < -0.3 is 4.72 Å². The van der Waals surface area contributed by atoms with Gasteiger partial charge in [0.05, 0.1) is 15.5 Å². The standard InChI is InChI=1S/C17H12N3O2S.Ag/c21-20(22)16-10-3-4-11-17(16)23-19-15-9-2-1-7-13(15)14-8-5-6-12-18-14;/h1-12H;/q-1;+1. The molecule has 0 aliphatic heterocycles. The van der Waals surface area contributed by atoms with E-state index < -0.39 is 4.92 Å². The van der Waals surface area contributed by atoms with Gasteiger partial charge in [-0.1, -0.05) is 42.5 Å². The monoisotopic (exact) mass is 429 g/mol. The van der Waals surface area contributed by atoms with Crippen molar-refractivity contribution < 1.29 is 27.3 Å². The van der Waals surface area contributed by atoms with E-state index in [-0.39, 0.29) is 28.1 Å². The molecule has 0 saturated carbocycles. The van der Waals surface area contributed by atoms with Crippen LogP contribution in [-0.4, -0.2) is 9.91 Å². The second-order valence-corrected chi connectivity index (χ2v) is 5.44. The third-order valence-corrected chi connectivity index (χ3v) is 3.98. The van der Waals surface area contributed by atoms with Crippen molar-refractivity contribution in [1.82, 2.24) is 4.98 Å². The van der Waals surface area contributed by atoms with Crippen molar-refractivity contribution in [2.75, 3.05) is 0 Å². The minimum Gasteiger partial charge on any atom is -0.626 e. The van der Waals surface area contributed by atoms with E-state index in [9.17, 15) is 10.1 Å². The zero-order chi connectivity index (χ0) is 16.1. The van der Waals surface area contributed by atoms with E-state index in [0.29, 0.717) is 4.90 Å². The molecule has 0 saturated heterocycles. The van der Waals surface area contributed by atoms with Crippen LogP contribution in [-0.2, 0) is 22.4 Å². The minimum atomic E-state index is -0.400. The Labute approximate surface area is 159 Å². The molecule has 3 rings (SSSR count). The summed E-state index contributed by atoms with van der Waals surface area (Å²) in [5.74, 6) is 0. The SMILES string of the molecule is O=[N+]([O-])c1ccccc1S[N-]c1ccccc1-c1ccccn1.[Ag+]. The Morgan fingerprint density at radius 1 is 0.958 bits per heavy atom. The average molecular weight is 430 g/mol. The number of hydrogen-bond donors (Lipinski definition) is 0. The summed E-state index contributed by atoms with van der Waals surface area (Å²) in [6, 6.07) is 19.8. The molecule has 1 heterocycles. The summed E-state index contributed by atoms with van der Waals surface area (Å²) in [7, 11) is 0. The van der Waals surface area contributed by atoms with Crippen LogP contribution in [0, 0.1) is 10.1 Å². The van der Waals surface area contributed by atoms with Gasteiger partial charge in [0.25, 0.3) is 5.69 Å². The first-order valence-electron chi connectivity index (χ1n) is 6.87. The Kier molecular flexibility index (Phi) is 6.57. The molecule has 5 nitrogen and oxygen atoms in total. The number of pyridine rings is 1. The summed E-state index contributed by atoms with van der Waals surface area (Å²) in [5.41, 5.74) is 2.49. The molecule has 0 bridgehead atoms. The van der Waals surface area contributed by atoms with Crippen LogP contribution < -0.4 is 0 Å². The molecular formula is C17H12AgN3O2S. The Morgan fingerprint density at radius 3 is 2.42 bits per heavy atom. The van der Waals surface area contributed by atoms with Crippen LogP contribution in [0.4, 0.5) is 11.4 Å². The predicted molar refractivity (Wildman–Crippen MR) is 91.6 cm³/mol. The topological polar surface area (TPSA) is 70.1 Å². The van der Waals surface area contributed by atoms with E-state index in [0.717, 1.165) is 28.9 Å². The molecule has 0 spiro atoms. The van der Waals surface area contributed by atoms with Gasteiger partial charge in [0.2, 0.25) is 0 Å². The van der Waals surface area contributed by atoms with E-state index in [1.54, 1.807) is 24.4 Å². The third kappa shape index (κ3) is 4.24. The Bertz CT molecular complexity index is 831. The van der Waals surface area contributed by atoms with Gasteiger partial charge in [-0.15, -0.1) is 5.69 Å². The Morgan fingerprint density at radius 2 is 1.67 bits per heavy atom. The largest absolute Gasteiger partial charge is 1.00 e. The van der Waals surface area contributed by atoms with Gasteiger partial charge >= 0.3 is 22.4 Å². The van der Waals surface area contributed by atoms with Gasteiger partial charge in [0.15, 0.2) is 0 Å². The van der Waals surface area contributed by atoms with Gasteiger partial charge in [-0.25, -0.2) is 11.9 Å². The number of nitro benzene ring substituents is 1. The fourth-order valence-corrected chi connectivity index (χ4v) is 2.81. The molecule has 124 valence electrons. The van der Waals surface area contributed by atoms with Gasteiger partial charge in [-0.2, -0.15) is 0 Å². The van der Waals surface area contributed by atoms with Gasteiger partial charge in [-0.05, 0) is 23.8 Å². The molecule has 7 heteroatoms. The maximum atomic E-state index is 11.1. The van der Waals surface area contributed by atoms with E-state index >= 15 is 0 Å². The summed E-state index contributed by atoms with van der Waals surface area (Å²) in [5, 5.41) is 11.1. The number of benzene rings is 2. The van der Waals surface area contributed by atoms with E-state index in [2.05, 4.69) is 9.71 Å². The summed E-state index contributed by atoms with van der Waals surface area (Å²) in [6.45, 7) is 0. The van der Waals surface area contributed by atoms with Crippen LogP contribution in [0.15, 0.2) is 77.8 Å². The molecular weight excluding hydrogens is 418 g/mol.